The first-order chi connectivity index (χ1) is 14.1. The van der Waals surface area contributed by atoms with E-state index in [0.717, 1.165) is 10.5 Å². The normalized spacial score (nSPS) is 11.1. The molecule has 3 aromatic rings. The predicted molar refractivity (Wildman–Crippen MR) is 116 cm³/mol. The molecule has 29 heavy (non-hydrogen) atoms. The van der Waals surface area contributed by atoms with Crippen LogP contribution in [-0.2, 0) is 4.57 Å². The van der Waals surface area contributed by atoms with Gasteiger partial charge in [-0.25, -0.2) is 8.87 Å². The first-order valence-corrected chi connectivity index (χ1v) is 11.5. The molecule has 0 aliphatic heterocycles. The molecule has 0 atom stereocenters. The molecule has 0 heterocycles. The summed E-state index contributed by atoms with van der Waals surface area (Å²) >= 11 is 1.35. The van der Waals surface area contributed by atoms with Crippen LogP contribution in [0.15, 0.2) is 89.8 Å². The summed E-state index contributed by atoms with van der Waals surface area (Å²) in [5, 5.41) is 9.26. The molecule has 148 valence electrons. The molecule has 0 bridgehead atoms. The van der Waals surface area contributed by atoms with Crippen molar-refractivity contribution in [3.05, 3.63) is 90.5 Å². The molecule has 0 spiro atoms. The Labute approximate surface area is 175 Å². The highest BCUT2D eigenvalue weighted by atomic mass is 32.2. The van der Waals surface area contributed by atoms with Gasteiger partial charge in [-0.1, -0.05) is 54.1 Å². The smallest absolute Gasteiger partial charge is 0.415 e. The highest BCUT2D eigenvalue weighted by Crippen LogP contribution is 2.50. The van der Waals surface area contributed by atoms with Crippen molar-refractivity contribution in [3.8, 4) is 17.6 Å². The van der Waals surface area contributed by atoms with Gasteiger partial charge in [0.1, 0.15) is 17.8 Å². The Balaban J connectivity index is 1.83. The molecule has 0 unspecified atom stereocenters. The van der Waals surface area contributed by atoms with Crippen LogP contribution in [0.3, 0.4) is 0 Å². The van der Waals surface area contributed by atoms with Crippen molar-refractivity contribution in [3.63, 3.8) is 0 Å². The lowest BCUT2D eigenvalue weighted by atomic mass is 10.2. The maximum Gasteiger partial charge on any atom is 0.445 e. The van der Waals surface area contributed by atoms with Crippen LogP contribution in [0, 0.1) is 18.3 Å². The van der Waals surface area contributed by atoms with Crippen LogP contribution in [0.2, 0.25) is 0 Å². The Morgan fingerprint density at radius 3 is 1.90 bits per heavy atom. The number of benzene rings is 3. The maximum absolute atomic E-state index is 13.7. The summed E-state index contributed by atoms with van der Waals surface area (Å²) in [5.74, 6) is 0.896. The van der Waals surface area contributed by atoms with Gasteiger partial charge in [-0.15, -0.1) is 0 Å². The zero-order chi connectivity index (χ0) is 20.5. The highest BCUT2D eigenvalue weighted by molar-refractivity contribution is 7.97. The zero-order valence-electron chi connectivity index (χ0n) is 16.0. The van der Waals surface area contributed by atoms with Gasteiger partial charge in [-0.3, -0.25) is 0 Å². The molecule has 0 fully saturated rings. The number of hydrogen-bond donors (Lipinski definition) is 0. The molecule has 3 rings (SSSR count). The van der Waals surface area contributed by atoms with Crippen molar-refractivity contribution in [1.82, 2.24) is 4.31 Å². The SMILES string of the molecule is Cc1ccc(SN(CC#N)CP(=O)(Oc2ccccc2)Oc2ccccc2)cc1. The Hall–Kier alpha value is -2.71. The van der Waals surface area contributed by atoms with E-state index in [2.05, 4.69) is 6.07 Å². The van der Waals surface area contributed by atoms with E-state index in [0.29, 0.717) is 11.5 Å². The average molecular weight is 424 g/mol. The molecular weight excluding hydrogens is 403 g/mol. The van der Waals surface area contributed by atoms with Crippen molar-refractivity contribution < 1.29 is 13.6 Å². The molecule has 0 radical (unpaired) electrons. The molecule has 0 saturated carbocycles. The first-order valence-electron chi connectivity index (χ1n) is 9.01. The van der Waals surface area contributed by atoms with E-state index < -0.39 is 7.60 Å². The predicted octanol–water partition coefficient (Wildman–Crippen LogP) is 6.14. The summed E-state index contributed by atoms with van der Waals surface area (Å²) in [6, 6.07) is 27.8. The van der Waals surface area contributed by atoms with Gasteiger partial charge in [0, 0.05) is 4.90 Å². The van der Waals surface area contributed by atoms with Crippen LogP contribution in [0.25, 0.3) is 0 Å². The Morgan fingerprint density at radius 1 is 0.897 bits per heavy atom. The largest absolute Gasteiger partial charge is 0.445 e. The van der Waals surface area contributed by atoms with Crippen LogP contribution in [0.5, 0.6) is 11.5 Å². The van der Waals surface area contributed by atoms with Crippen LogP contribution in [-0.4, -0.2) is 17.1 Å². The Bertz CT molecular complexity index is 947. The number of rotatable bonds is 9. The lowest BCUT2D eigenvalue weighted by Crippen LogP contribution is -2.21. The summed E-state index contributed by atoms with van der Waals surface area (Å²) in [5.41, 5.74) is 1.15. The topological polar surface area (TPSA) is 62.6 Å². The summed E-state index contributed by atoms with van der Waals surface area (Å²) < 4.78 is 27.0. The van der Waals surface area contributed by atoms with Gasteiger partial charge in [0.25, 0.3) is 0 Å². The fourth-order valence-electron chi connectivity index (χ4n) is 2.49. The van der Waals surface area contributed by atoms with Crippen molar-refractivity contribution in [2.45, 2.75) is 11.8 Å². The molecule has 0 aromatic heterocycles. The molecular formula is C22H21N2O3PS. The number of aryl methyl sites for hydroxylation is 1. The van der Waals surface area contributed by atoms with Crippen molar-refractivity contribution >= 4 is 19.5 Å². The summed E-state index contributed by atoms with van der Waals surface area (Å²) in [6.45, 7) is 2.08. The van der Waals surface area contributed by atoms with Crippen molar-refractivity contribution in [2.24, 2.45) is 0 Å². The van der Waals surface area contributed by atoms with E-state index in [1.54, 1.807) is 52.8 Å². The van der Waals surface area contributed by atoms with Gasteiger partial charge in [0.15, 0.2) is 0 Å². The molecule has 0 aliphatic carbocycles. The van der Waals surface area contributed by atoms with Gasteiger partial charge >= 0.3 is 7.60 Å². The van der Waals surface area contributed by atoms with Gasteiger partial charge in [-0.05, 0) is 55.3 Å². The van der Waals surface area contributed by atoms with Gasteiger partial charge in [0.2, 0.25) is 0 Å². The van der Waals surface area contributed by atoms with Crippen molar-refractivity contribution in [1.29, 1.82) is 5.26 Å². The van der Waals surface area contributed by atoms with Crippen LogP contribution in [0.1, 0.15) is 5.56 Å². The zero-order valence-corrected chi connectivity index (χ0v) is 17.7. The van der Waals surface area contributed by atoms with E-state index in [9.17, 15) is 9.83 Å². The van der Waals surface area contributed by atoms with E-state index in [-0.39, 0.29) is 12.8 Å². The fraction of sp³-hybridized carbons (Fsp3) is 0.136. The molecule has 0 amide bonds. The summed E-state index contributed by atoms with van der Waals surface area (Å²) in [4.78, 5) is 0.942. The Kier molecular flexibility index (Phi) is 7.37. The van der Waals surface area contributed by atoms with Crippen molar-refractivity contribution in [2.75, 3.05) is 12.8 Å². The monoisotopic (exact) mass is 424 g/mol. The average Bonchev–Trinajstić information content (AvgIpc) is 2.71. The second kappa shape index (κ2) is 10.2. The minimum Gasteiger partial charge on any atom is -0.415 e. The highest BCUT2D eigenvalue weighted by Gasteiger charge is 2.32. The Morgan fingerprint density at radius 2 is 1.41 bits per heavy atom. The number of nitrogens with zero attached hydrogens (tertiary/aromatic N) is 2. The second-order valence-electron chi connectivity index (χ2n) is 6.26. The lowest BCUT2D eigenvalue weighted by Gasteiger charge is -2.25. The molecule has 3 aromatic carbocycles. The quantitative estimate of drug-likeness (QED) is 0.234. The standard InChI is InChI=1S/C22H21N2O3PS/c1-19-12-14-22(15-13-19)29-24(17-16-23)18-28(25,26-20-8-4-2-5-9-20)27-21-10-6-3-7-11-21/h2-15H,17-18H2,1H3. The van der Waals surface area contributed by atoms with Crippen LogP contribution >= 0.6 is 19.5 Å². The molecule has 5 nitrogen and oxygen atoms in total. The van der Waals surface area contributed by atoms with E-state index >= 15 is 0 Å². The minimum absolute atomic E-state index is 0.0527. The third-order valence-electron chi connectivity index (χ3n) is 3.81. The van der Waals surface area contributed by atoms with Gasteiger partial charge in [0.05, 0.1) is 12.6 Å². The molecule has 0 aliphatic rings. The van der Waals surface area contributed by atoms with E-state index in [1.807, 2.05) is 43.3 Å². The first kappa shape index (κ1) is 21.0. The number of para-hydroxylation sites is 2. The summed E-state index contributed by atoms with van der Waals surface area (Å²) in [7, 11) is -3.64. The molecule has 0 N–H and O–H groups in total. The number of nitriles is 1. The van der Waals surface area contributed by atoms with E-state index in [1.165, 1.54) is 11.9 Å². The summed E-state index contributed by atoms with van der Waals surface area (Å²) in [6.07, 6.45) is -0.0527. The number of hydrogen-bond acceptors (Lipinski definition) is 6. The third kappa shape index (κ3) is 6.69. The minimum atomic E-state index is -3.64. The van der Waals surface area contributed by atoms with Gasteiger partial charge in [-0.2, -0.15) is 5.26 Å². The van der Waals surface area contributed by atoms with Gasteiger partial charge < -0.3 is 9.05 Å². The third-order valence-corrected chi connectivity index (χ3v) is 6.67. The second-order valence-corrected chi connectivity index (χ2v) is 9.30. The van der Waals surface area contributed by atoms with Crippen LogP contribution in [0.4, 0.5) is 0 Å². The molecule has 7 heteroatoms. The lowest BCUT2D eigenvalue weighted by molar-refractivity contribution is 0.369. The van der Waals surface area contributed by atoms with Crippen LogP contribution < -0.4 is 9.05 Å². The molecule has 0 saturated heterocycles. The van der Waals surface area contributed by atoms with E-state index in [4.69, 9.17) is 9.05 Å². The maximum atomic E-state index is 13.7. The fourth-order valence-corrected chi connectivity index (χ4v) is 5.35.